The van der Waals surface area contributed by atoms with Crippen LogP contribution in [0, 0.1) is 0 Å². The lowest BCUT2D eigenvalue weighted by Gasteiger charge is -2.08. The highest BCUT2D eigenvalue weighted by molar-refractivity contribution is 7.99. The van der Waals surface area contributed by atoms with Crippen LogP contribution in [0.15, 0.2) is 52.1 Å². The third kappa shape index (κ3) is 4.17. The lowest BCUT2D eigenvalue weighted by molar-refractivity contribution is 0.101. The van der Waals surface area contributed by atoms with Crippen LogP contribution in [-0.4, -0.2) is 36.0 Å². The molecule has 0 aliphatic heterocycles. The Labute approximate surface area is 159 Å². The van der Waals surface area contributed by atoms with E-state index in [1.165, 1.54) is 18.9 Å². The van der Waals surface area contributed by atoms with Gasteiger partial charge in [-0.2, -0.15) is 0 Å². The van der Waals surface area contributed by atoms with Crippen LogP contribution in [0.2, 0.25) is 5.02 Å². The van der Waals surface area contributed by atoms with Crippen molar-refractivity contribution in [1.29, 1.82) is 0 Å². The molecule has 3 rings (SSSR count). The first-order chi connectivity index (χ1) is 12.6. The maximum Gasteiger partial charge on any atom is 0.277 e. The Hall–Kier alpha value is -2.51. The molecule has 0 atom stereocenters. The summed E-state index contributed by atoms with van der Waals surface area (Å²) in [6.45, 7) is 0. The molecule has 0 unspecified atom stereocenters. The van der Waals surface area contributed by atoms with E-state index in [1.807, 2.05) is 0 Å². The summed E-state index contributed by atoms with van der Waals surface area (Å²) in [5.41, 5.74) is 1.23. The SMILES string of the molecule is COc1ccc(C(=O)CSc2nnc(-c3ccc(Cl)cc3)o2)c(OC)c1. The van der Waals surface area contributed by atoms with Crippen LogP contribution in [0.25, 0.3) is 11.5 Å². The molecule has 1 heterocycles. The molecule has 0 saturated heterocycles. The Morgan fingerprint density at radius 3 is 2.58 bits per heavy atom. The second-order valence-electron chi connectivity index (χ2n) is 5.16. The van der Waals surface area contributed by atoms with Gasteiger partial charge in [0, 0.05) is 16.7 Å². The number of hydrogen-bond acceptors (Lipinski definition) is 7. The summed E-state index contributed by atoms with van der Waals surface area (Å²) in [5.74, 6) is 1.49. The van der Waals surface area contributed by atoms with Gasteiger partial charge in [0.25, 0.3) is 5.22 Å². The number of methoxy groups -OCH3 is 2. The quantitative estimate of drug-likeness (QED) is 0.437. The molecule has 3 aromatic rings. The maximum absolute atomic E-state index is 12.5. The standard InChI is InChI=1S/C18H15ClN2O4S/c1-23-13-7-8-14(16(9-13)24-2)15(22)10-26-18-21-20-17(25-18)11-3-5-12(19)6-4-11/h3-9H,10H2,1-2H3. The molecule has 8 heteroatoms. The minimum atomic E-state index is -0.110. The van der Waals surface area contributed by atoms with Crippen molar-refractivity contribution in [3.05, 3.63) is 53.1 Å². The first-order valence-electron chi connectivity index (χ1n) is 7.58. The molecular weight excluding hydrogens is 376 g/mol. The number of aromatic nitrogens is 2. The fourth-order valence-electron chi connectivity index (χ4n) is 2.21. The molecule has 0 aliphatic rings. The Morgan fingerprint density at radius 1 is 1.12 bits per heavy atom. The van der Waals surface area contributed by atoms with Crippen molar-refractivity contribution in [1.82, 2.24) is 10.2 Å². The fourth-order valence-corrected chi connectivity index (χ4v) is 2.98. The average Bonchev–Trinajstić information content (AvgIpc) is 3.15. The lowest BCUT2D eigenvalue weighted by Crippen LogP contribution is -2.05. The molecule has 0 radical (unpaired) electrons. The van der Waals surface area contributed by atoms with Crippen LogP contribution in [0.1, 0.15) is 10.4 Å². The predicted molar refractivity (Wildman–Crippen MR) is 99.3 cm³/mol. The van der Waals surface area contributed by atoms with Crippen LogP contribution in [0.3, 0.4) is 0 Å². The molecule has 2 aromatic carbocycles. The van der Waals surface area contributed by atoms with Crippen molar-refractivity contribution in [2.24, 2.45) is 0 Å². The third-order valence-electron chi connectivity index (χ3n) is 3.53. The normalized spacial score (nSPS) is 10.6. The van der Waals surface area contributed by atoms with E-state index in [1.54, 1.807) is 49.6 Å². The van der Waals surface area contributed by atoms with Gasteiger partial charge in [-0.1, -0.05) is 23.4 Å². The number of Topliss-reactive ketones (excluding diaryl/α,β-unsaturated/α-hetero) is 1. The smallest absolute Gasteiger partial charge is 0.277 e. The summed E-state index contributed by atoms with van der Waals surface area (Å²) in [6, 6.07) is 12.1. The molecule has 0 amide bonds. The summed E-state index contributed by atoms with van der Waals surface area (Å²) >= 11 is 7.03. The molecule has 0 bridgehead atoms. The number of carbonyl (C=O) groups excluding carboxylic acids is 1. The van der Waals surface area contributed by atoms with Gasteiger partial charge in [0.2, 0.25) is 5.89 Å². The van der Waals surface area contributed by atoms with E-state index in [9.17, 15) is 4.79 Å². The zero-order chi connectivity index (χ0) is 18.5. The Bertz CT molecular complexity index is 912. The summed E-state index contributed by atoms with van der Waals surface area (Å²) < 4.78 is 16.0. The Kier molecular flexibility index (Phi) is 5.80. The predicted octanol–water partition coefficient (Wildman–Crippen LogP) is 4.38. The second-order valence-corrected chi connectivity index (χ2v) is 6.52. The van der Waals surface area contributed by atoms with E-state index in [-0.39, 0.29) is 11.5 Å². The molecule has 6 nitrogen and oxygen atoms in total. The van der Waals surface area contributed by atoms with Gasteiger partial charge < -0.3 is 13.9 Å². The van der Waals surface area contributed by atoms with E-state index in [0.29, 0.717) is 33.2 Å². The van der Waals surface area contributed by atoms with Gasteiger partial charge >= 0.3 is 0 Å². The van der Waals surface area contributed by atoms with E-state index in [0.717, 1.165) is 5.56 Å². The summed E-state index contributed by atoms with van der Waals surface area (Å²) in [4.78, 5) is 12.5. The number of halogens is 1. The van der Waals surface area contributed by atoms with Gasteiger partial charge in [0.15, 0.2) is 5.78 Å². The lowest BCUT2D eigenvalue weighted by atomic mass is 10.1. The van der Waals surface area contributed by atoms with Gasteiger partial charge in [-0.3, -0.25) is 4.79 Å². The zero-order valence-corrected chi connectivity index (χ0v) is 15.6. The first kappa shape index (κ1) is 18.3. The molecule has 0 spiro atoms. The number of thioether (sulfide) groups is 1. The van der Waals surface area contributed by atoms with Crippen molar-refractivity contribution in [3.63, 3.8) is 0 Å². The summed E-state index contributed by atoms with van der Waals surface area (Å²) in [5, 5.41) is 8.89. The number of hydrogen-bond donors (Lipinski definition) is 0. The van der Waals surface area contributed by atoms with Crippen LogP contribution in [-0.2, 0) is 0 Å². The number of nitrogens with zero attached hydrogens (tertiary/aromatic N) is 2. The molecule has 1 aromatic heterocycles. The van der Waals surface area contributed by atoms with Crippen molar-refractivity contribution < 1.29 is 18.7 Å². The molecule has 0 fully saturated rings. The average molecular weight is 391 g/mol. The van der Waals surface area contributed by atoms with Crippen molar-refractivity contribution in [2.45, 2.75) is 5.22 Å². The zero-order valence-electron chi connectivity index (χ0n) is 14.1. The van der Waals surface area contributed by atoms with Crippen LogP contribution >= 0.6 is 23.4 Å². The summed E-state index contributed by atoms with van der Waals surface area (Å²) in [6.07, 6.45) is 0. The largest absolute Gasteiger partial charge is 0.497 e. The van der Waals surface area contributed by atoms with Crippen LogP contribution in [0.5, 0.6) is 11.5 Å². The van der Waals surface area contributed by atoms with Gasteiger partial charge in [0.05, 0.1) is 25.5 Å². The maximum atomic E-state index is 12.5. The molecule has 134 valence electrons. The molecular formula is C18H15ClN2O4S. The topological polar surface area (TPSA) is 74.5 Å². The van der Waals surface area contributed by atoms with Crippen LogP contribution in [0.4, 0.5) is 0 Å². The third-order valence-corrected chi connectivity index (χ3v) is 4.60. The number of carbonyl (C=O) groups is 1. The minimum absolute atomic E-state index is 0.110. The first-order valence-corrected chi connectivity index (χ1v) is 8.94. The minimum Gasteiger partial charge on any atom is -0.497 e. The van der Waals surface area contributed by atoms with Crippen molar-refractivity contribution >= 4 is 29.1 Å². The van der Waals surface area contributed by atoms with E-state index >= 15 is 0 Å². The molecule has 0 N–H and O–H groups in total. The monoisotopic (exact) mass is 390 g/mol. The number of benzene rings is 2. The number of ether oxygens (including phenoxy) is 2. The van der Waals surface area contributed by atoms with Gasteiger partial charge in [-0.25, -0.2) is 0 Å². The number of ketones is 1. The van der Waals surface area contributed by atoms with E-state index in [4.69, 9.17) is 25.5 Å². The Balaban J connectivity index is 1.68. The van der Waals surface area contributed by atoms with E-state index in [2.05, 4.69) is 10.2 Å². The number of rotatable bonds is 7. The van der Waals surface area contributed by atoms with Gasteiger partial charge in [-0.15, -0.1) is 10.2 Å². The van der Waals surface area contributed by atoms with Crippen molar-refractivity contribution in [2.75, 3.05) is 20.0 Å². The van der Waals surface area contributed by atoms with Crippen molar-refractivity contribution in [3.8, 4) is 23.0 Å². The molecule has 0 saturated carbocycles. The highest BCUT2D eigenvalue weighted by Gasteiger charge is 2.16. The highest BCUT2D eigenvalue weighted by atomic mass is 35.5. The van der Waals surface area contributed by atoms with Gasteiger partial charge in [0.1, 0.15) is 11.5 Å². The fraction of sp³-hybridized carbons (Fsp3) is 0.167. The second kappa shape index (κ2) is 8.25. The molecule has 26 heavy (non-hydrogen) atoms. The van der Waals surface area contributed by atoms with E-state index < -0.39 is 0 Å². The summed E-state index contributed by atoms with van der Waals surface area (Å²) in [7, 11) is 3.06. The Morgan fingerprint density at radius 2 is 1.88 bits per heavy atom. The van der Waals surface area contributed by atoms with Gasteiger partial charge in [-0.05, 0) is 36.4 Å². The van der Waals surface area contributed by atoms with Crippen LogP contribution < -0.4 is 9.47 Å². The highest BCUT2D eigenvalue weighted by Crippen LogP contribution is 2.28. The molecule has 0 aliphatic carbocycles.